The van der Waals surface area contributed by atoms with E-state index in [4.69, 9.17) is 4.55 Å². The van der Waals surface area contributed by atoms with Gasteiger partial charge < -0.3 is 10.6 Å². The number of benzene rings is 2. The lowest BCUT2D eigenvalue weighted by Gasteiger charge is -2.15. The SMILES string of the molecule is Cc1cccc(C(C)C)c1N/C=C(/C#N)C(=O)Nc1ccc(S(=O)(=O)O)cc1. The van der Waals surface area contributed by atoms with E-state index < -0.39 is 16.0 Å². The minimum Gasteiger partial charge on any atom is -0.360 e. The Morgan fingerprint density at radius 2 is 1.82 bits per heavy atom. The largest absolute Gasteiger partial charge is 0.360 e. The molecule has 0 aliphatic carbocycles. The monoisotopic (exact) mass is 399 g/mol. The fraction of sp³-hybridized carbons (Fsp3) is 0.200. The van der Waals surface area contributed by atoms with Crippen molar-refractivity contribution in [3.8, 4) is 6.07 Å². The van der Waals surface area contributed by atoms with E-state index in [1.165, 1.54) is 18.3 Å². The van der Waals surface area contributed by atoms with Gasteiger partial charge in [-0.05, 0) is 48.2 Å². The van der Waals surface area contributed by atoms with E-state index in [2.05, 4.69) is 24.5 Å². The van der Waals surface area contributed by atoms with Gasteiger partial charge in [0, 0.05) is 17.6 Å². The molecule has 28 heavy (non-hydrogen) atoms. The first-order valence-corrected chi connectivity index (χ1v) is 9.92. The van der Waals surface area contributed by atoms with Crippen LogP contribution in [-0.2, 0) is 14.9 Å². The van der Waals surface area contributed by atoms with Crippen molar-refractivity contribution in [3.63, 3.8) is 0 Å². The number of nitriles is 1. The number of nitrogens with one attached hydrogen (secondary N) is 2. The summed E-state index contributed by atoms with van der Waals surface area (Å²) in [5.41, 5.74) is 3.04. The number of rotatable bonds is 6. The van der Waals surface area contributed by atoms with E-state index in [1.54, 1.807) is 0 Å². The standard InChI is InChI=1S/C20H21N3O4S/c1-13(2)18-6-4-5-14(3)19(18)22-12-15(11-21)20(24)23-16-7-9-17(10-8-16)28(25,26)27/h4-10,12-13,22H,1-3H3,(H,23,24)(H,25,26,27)/b15-12-. The summed E-state index contributed by atoms with van der Waals surface area (Å²) in [6.07, 6.45) is 1.34. The second-order valence-corrected chi connectivity index (χ2v) is 7.88. The number of para-hydroxylation sites is 1. The Bertz CT molecular complexity index is 1050. The molecule has 7 nitrogen and oxygen atoms in total. The summed E-state index contributed by atoms with van der Waals surface area (Å²) < 4.78 is 31.1. The van der Waals surface area contributed by atoms with Crippen molar-refractivity contribution in [1.82, 2.24) is 0 Å². The molecule has 0 spiro atoms. The summed E-state index contributed by atoms with van der Waals surface area (Å²) in [6.45, 7) is 6.04. The molecule has 0 saturated heterocycles. The normalized spacial score (nSPS) is 11.8. The lowest BCUT2D eigenvalue weighted by molar-refractivity contribution is -0.112. The number of anilines is 2. The maximum Gasteiger partial charge on any atom is 0.294 e. The first-order valence-electron chi connectivity index (χ1n) is 8.48. The van der Waals surface area contributed by atoms with Crippen molar-refractivity contribution in [2.75, 3.05) is 10.6 Å². The number of carbonyl (C=O) groups is 1. The zero-order valence-corrected chi connectivity index (χ0v) is 16.5. The Morgan fingerprint density at radius 3 is 2.36 bits per heavy atom. The van der Waals surface area contributed by atoms with E-state index in [1.807, 2.05) is 31.2 Å². The van der Waals surface area contributed by atoms with Crippen LogP contribution in [0.5, 0.6) is 0 Å². The zero-order chi connectivity index (χ0) is 20.9. The van der Waals surface area contributed by atoms with Gasteiger partial charge in [0.2, 0.25) is 0 Å². The minimum atomic E-state index is -4.31. The van der Waals surface area contributed by atoms with E-state index in [0.29, 0.717) is 0 Å². The van der Waals surface area contributed by atoms with Gasteiger partial charge in [-0.15, -0.1) is 0 Å². The van der Waals surface area contributed by atoms with Gasteiger partial charge in [0.15, 0.2) is 0 Å². The zero-order valence-electron chi connectivity index (χ0n) is 15.7. The fourth-order valence-corrected chi connectivity index (χ4v) is 3.05. The van der Waals surface area contributed by atoms with E-state index in [-0.39, 0.29) is 22.1 Å². The molecule has 0 bridgehead atoms. The number of aryl methyl sites for hydroxylation is 1. The molecule has 0 aliphatic rings. The van der Waals surface area contributed by atoms with E-state index in [9.17, 15) is 18.5 Å². The molecule has 146 valence electrons. The molecule has 0 atom stereocenters. The van der Waals surface area contributed by atoms with Crippen LogP contribution in [-0.4, -0.2) is 18.9 Å². The van der Waals surface area contributed by atoms with Crippen LogP contribution in [0.25, 0.3) is 0 Å². The summed E-state index contributed by atoms with van der Waals surface area (Å²) in [5, 5.41) is 14.9. The molecule has 2 aromatic carbocycles. The van der Waals surface area contributed by atoms with Gasteiger partial charge in [-0.2, -0.15) is 13.7 Å². The molecule has 0 aliphatic heterocycles. The van der Waals surface area contributed by atoms with Crippen LogP contribution in [0.2, 0.25) is 0 Å². The topological polar surface area (TPSA) is 119 Å². The summed E-state index contributed by atoms with van der Waals surface area (Å²) >= 11 is 0. The van der Waals surface area contributed by atoms with Gasteiger partial charge in [0.25, 0.3) is 16.0 Å². The lowest BCUT2D eigenvalue weighted by Crippen LogP contribution is -2.15. The number of carbonyl (C=O) groups excluding carboxylic acids is 1. The van der Waals surface area contributed by atoms with Gasteiger partial charge in [-0.3, -0.25) is 9.35 Å². The van der Waals surface area contributed by atoms with E-state index in [0.717, 1.165) is 28.9 Å². The third kappa shape index (κ3) is 5.19. The summed E-state index contributed by atoms with van der Waals surface area (Å²) in [6, 6.07) is 12.7. The van der Waals surface area contributed by atoms with Gasteiger partial charge in [0.1, 0.15) is 11.6 Å². The first-order chi connectivity index (χ1) is 13.1. The third-order valence-electron chi connectivity index (χ3n) is 4.06. The maximum absolute atomic E-state index is 12.3. The maximum atomic E-state index is 12.3. The average Bonchev–Trinajstić information content (AvgIpc) is 2.62. The second kappa shape index (κ2) is 8.69. The van der Waals surface area contributed by atoms with Crippen LogP contribution in [0.15, 0.2) is 59.1 Å². The van der Waals surface area contributed by atoms with E-state index >= 15 is 0 Å². The Labute approximate surface area is 164 Å². The number of amides is 1. The van der Waals surface area contributed by atoms with Crippen molar-refractivity contribution >= 4 is 27.4 Å². The Balaban J connectivity index is 2.20. The first kappa shape index (κ1) is 21.2. The predicted octanol–water partition coefficient (Wildman–Crippen LogP) is 3.82. The molecule has 0 fully saturated rings. The van der Waals surface area contributed by atoms with Crippen LogP contribution in [0.4, 0.5) is 11.4 Å². The highest BCUT2D eigenvalue weighted by Crippen LogP contribution is 2.27. The Kier molecular flexibility index (Phi) is 6.57. The molecular formula is C20H21N3O4S. The number of hydrogen-bond acceptors (Lipinski definition) is 5. The van der Waals surface area contributed by atoms with Crippen LogP contribution < -0.4 is 10.6 Å². The molecule has 8 heteroatoms. The predicted molar refractivity (Wildman–Crippen MR) is 107 cm³/mol. The molecule has 0 heterocycles. The van der Waals surface area contributed by atoms with Crippen LogP contribution in [0.1, 0.15) is 30.9 Å². The van der Waals surface area contributed by atoms with Crippen LogP contribution >= 0.6 is 0 Å². The molecule has 0 saturated carbocycles. The van der Waals surface area contributed by atoms with Crippen molar-refractivity contribution in [2.45, 2.75) is 31.6 Å². The summed E-state index contributed by atoms with van der Waals surface area (Å²) in [5.74, 6) is -0.384. The van der Waals surface area contributed by atoms with Crippen molar-refractivity contribution in [1.29, 1.82) is 5.26 Å². The molecule has 0 unspecified atom stereocenters. The highest BCUT2D eigenvalue weighted by Gasteiger charge is 2.13. The minimum absolute atomic E-state index is 0.142. The molecule has 0 aromatic heterocycles. The summed E-state index contributed by atoms with van der Waals surface area (Å²) in [7, 11) is -4.31. The van der Waals surface area contributed by atoms with Gasteiger partial charge in [-0.1, -0.05) is 32.0 Å². The van der Waals surface area contributed by atoms with Crippen molar-refractivity contribution < 1.29 is 17.8 Å². The van der Waals surface area contributed by atoms with Crippen LogP contribution in [0, 0.1) is 18.3 Å². The van der Waals surface area contributed by atoms with Gasteiger partial charge >= 0.3 is 0 Å². The van der Waals surface area contributed by atoms with Gasteiger partial charge in [-0.25, -0.2) is 0 Å². The molecule has 1 amide bonds. The molecule has 2 aromatic rings. The molecule has 3 N–H and O–H groups in total. The average molecular weight is 399 g/mol. The lowest BCUT2D eigenvalue weighted by atomic mass is 9.98. The van der Waals surface area contributed by atoms with Gasteiger partial charge in [0.05, 0.1) is 4.90 Å². The molecular weight excluding hydrogens is 378 g/mol. The number of hydrogen-bond donors (Lipinski definition) is 3. The highest BCUT2D eigenvalue weighted by molar-refractivity contribution is 7.85. The fourth-order valence-electron chi connectivity index (χ4n) is 2.57. The second-order valence-electron chi connectivity index (χ2n) is 6.46. The Hall–Kier alpha value is -3.15. The smallest absolute Gasteiger partial charge is 0.294 e. The number of nitrogens with zero attached hydrogens (tertiary/aromatic N) is 1. The third-order valence-corrected chi connectivity index (χ3v) is 4.93. The molecule has 0 radical (unpaired) electrons. The van der Waals surface area contributed by atoms with Crippen LogP contribution in [0.3, 0.4) is 0 Å². The molecule has 2 rings (SSSR count). The Morgan fingerprint density at radius 1 is 1.18 bits per heavy atom. The van der Waals surface area contributed by atoms with Crippen molar-refractivity contribution in [2.24, 2.45) is 0 Å². The summed E-state index contributed by atoms with van der Waals surface area (Å²) in [4.78, 5) is 12.1. The highest BCUT2D eigenvalue weighted by atomic mass is 32.2. The van der Waals surface area contributed by atoms with Crippen molar-refractivity contribution in [3.05, 3.63) is 65.4 Å². The quantitative estimate of drug-likeness (QED) is 0.386.